The Morgan fingerprint density at radius 3 is 2.53 bits per heavy atom. The second-order valence-corrected chi connectivity index (χ2v) is 5.86. The van der Waals surface area contributed by atoms with Gasteiger partial charge in [0.1, 0.15) is 4.88 Å². The van der Waals surface area contributed by atoms with Crippen LogP contribution in [0.2, 0.25) is 0 Å². The molecule has 0 atom stereocenters. The van der Waals surface area contributed by atoms with Crippen LogP contribution >= 0.6 is 11.3 Å². The van der Waals surface area contributed by atoms with Crippen molar-refractivity contribution in [1.29, 1.82) is 0 Å². The summed E-state index contributed by atoms with van der Waals surface area (Å²) in [5.41, 5.74) is -0.733. The molecule has 0 aromatic carbocycles. The van der Waals surface area contributed by atoms with Crippen molar-refractivity contribution >= 4 is 17.3 Å². The first kappa shape index (κ1) is 14.2. The molecule has 0 aliphatic carbocycles. The lowest BCUT2D eigenvalue weighted by Gasteiger charge is -2.27. The van der Waals surface area contributed by atoms with Crippen LogP contribution < -0.4 is 0 Å². The molecule has 0 amide bonds. The Morgan fingerprint density at radius 1 is 1.47 bits per heavy atom. The summed E-state index contributed by atoms with van der Waals surface area (Å²) < 4.78 is 0. The van der Waals surface area contributed by atoms with E-state index < -0.39 is 11.6 Å². The molecule has 0 spiro atoms. The molecule has 0 saturated heterocycles. The zero-order valence-corrected chi connectivity index (χ0v) is 11.3. The van der Waals surface area contributed by atoms with E-state index in [0.29, 0.717) is 18.0 Å². The Kier molecular flexibility index (Phi) is 4.68. The van der Waals surface area contributed by atoms with Gasteiger partial charge in [-0.15, -0.1) is 11.3 Å². The SMILES string of the molecule is CCN(Cc1ccc(C(=O)O)s1)CC(C)(C)O. The van der Waals surface area contributed by atoms with Gasteiger partial charge in [0.05, 0.1) is 5.60 Å². The summed E-state index contributed by atoms with van der Waals surface area (Å²) in [6.45, 7) is 7.64. The molecule has 5 heteroatoms. The Bertz CT molecular complexity index is 381. The molecule has 96 valence electrons. The second kappa shape index (κ2) is 5.62. The van der Waals surface area contributed by atoms with Crippen molar-refractivity contribution in [2.45, 2.75) is 32.9 Å². The second-order valence-electron chi connectivity index (χ2n) is 4.69. The van der Waals surface area contributed by atoms with Gasteiger partial charge in [-0.1, -0.05) is 6.92 Å². The number of carbonyl (C=O) groups is 1. The number of carboxylic acids is 1. The molecule has 0 bridgehead atoms. The zero-order chi connectivity index (χ0) is 13.1. The van der Waals surface area contributed by atoms with Crippen LogP contribution in [-0.4, -0.2) is 39.8 Å². The quantitative estimate of drug-likeness (QED) is 0.818. The maximum absolute atomic E-state index is 10.8. The standard InChI is InChI=1S/C12H19NO3S/c1-4-13(8-12(2,3)16)7-9-5-6-10(17-9)11(14)15/h5-6,16H,4,7-8H2,1-3H3,(H,14,15). The van der Waals surface area contributed by atoms with Crippen molar-refractivity contribution < 1.29 is 15.0 Å². The average molecular weight is 257 g/mol. The molecule has 0 saturated carbocycles. The molecule has 2 N–H and O–H groups in total. The fraction of sp³-hybridized carbons (Fsp3) is 0.583. The van der Waals surface area contributed by atoms with Crippen LogP contribution in [0.15, 0.2) is 12.1 Å². The largest absolute Gasteiger partial charge is 0.477 e. The van der Waals surface area contributed by atoms with Gasteiger partial charge in [-0.2, -0.15) is 0 Å². The van der Waals surface area contributed by atoms with Crippen LogP contribution in [0.1, 0.15) is 35.3 Å². The lowest BCUT2D eigenvalue weighted by atomic mass is 10.1. The molecule has 0 radical (unpaired) electrons. The molecule has 1 rings (SSSR count). The zero-order valence-electron chi connectivity index (χ0n) is 10.4. The number of rotatable bonds is 6. The first-order chi connectivity index (χ1) is 7.81. The minimum absolute atomic E-state index is 0.360. The molecule has 17 heavy (non-hydrogen) atoms. The first-order valence-corrected chi connectivity index (χ1v) is 6.40. The van der Waals surface area contributed by atoms with Crippen molar-refractivity contribution in [1.82, 2.24) is 4.90 Å². The van der Waals surface area contributed by atoms with Gasteiger partial charge in [0.15, 0.2) is 0 Å². The van der Waals surface area contributed by atoms with Gasteiger partial charge < -0.3 is 10.2 Å². The van der Waals surface area contributed by atoms with Gasteiger partial charge in [0, 0.05) is 18.0 Å². The maximum atomic E-state index is 10.8. The molecule has 1 heterocycles. The lowest BCUT2D eigenvalue weighted by molar-refractivity contribution is 0.0356. The molecule has 1 aromatic rings. The highest BCUT2D eigenvalue weighted by molar-refractivity contribution is 7.13. The number of aromatic carboxylic acids is 1. The van der Waals surface area contributed by atoms with Gasteiger partial charge in [-0.25, -0.2) is 4.79 Å². The van der Waals surface area contributed by atoms with Gasteiger partial charge >= 0.3 is 5.97 Å². The highest BCUT2D eigenvalue weighted by Crippen LogP contribution is 2.19. The maximum Gasteiger partial charge on any atom is 0.345 e. The molecule has 0 aliphatic heterocycles. The van der Waals surface area contributed by atoms with E-state index in [0.717, 1.165) is 11.4 Å². The van der Waals surface area contributed by atoms with Gasteiger partial charge in [-0.05, 0) is 32.5 Å². The van der Waals surface area contributed by atoms with Gasteiger partial charge in [0.25, 0.3) is 0 Å². The van der Waals surface area contributed by atoms with Crippen LogP contribution in [0.25, 0.3) is 0 Å². The molecule has 0 unspecified atom stereocenters. The third-order valence-corrected chi connectivity index (χ3v) is 3.37. The van der Waals surface area contributed by atoms with E-state index in [1.54, 1.807) is 19.9 Å². The van der Waals surface area contributed by atoms with E-state index in [1.165, 1.54) is 11.3 Å². The number of hydrogen-bond donors (Lipinski definition) is 2. The van der Waals surface area contributed by atoms with Crippen LogP contribution in [0.5, 0.6) is 0 Å². The van der Waals surface area contributed by atoms with Crippen molar-refractivity contribution in [3.05, 3.63) is 21.9 Å². The monoisotopic (exact) mass is 257 g/mol. The predicted octanol–water partition coefficient (Wildman–Crippen LogP) is 2.04. The van der Waals surface area contributed by atoms with Gasteiger partial charge in [0.2, 0.25) is 0 Å². The number of likely N-dealkylation sites (N-methyl/N-ethyl adjacent to an activating group) is 1. The highest BCUT2D eigenvalue weighted by Gasteiger charge is 2.18. The molecule has 4 nitrogen and oxygen atoms in total. The van der Waals surface area contributed by atoms with E-state index >= 15 is 0 Å². The van der Waals surface area contributed by atoms with Crippen LogP contribution in [-0.2, 0) is 6.54 Å². The summed E-state index contributed by atoms with van der Waals surface area (Å²) in [5, 5.41) is 18.6. The summed E-state index contributed by atoms with van der Waals surface area (Å²) in [5.74, 6) is -0.883. The van der Waals surface area contributed by atoms with E-state index in [2.05, 4.69) is 4.90 Å². The summed E-state index contributed by atoms with van der Waals surface area (Å²) in [4.78, 5) is 14.2. The topological polar surface area (TPSA) is 60.8 Å². The van der Waals surface area contributed by atoms with Gasteiger partial charge in [-0.3, -0.25) is 4.90 Å². The number of nitrogens with zero attached hydrogens (tertiary/aromatic N) is 1. The van der Waals surface area contributed by atoms with Crippen molar-refractivity contribution in [2.24, 2.45) is 0 Å². The first-order valence-electron chi connectivity index (χ1n) is 5.58. The average Bonchev–Trinajstić information content (AvgIpc) is 2.63. The molecule has 0 aliphatic rings. The Morgan fingerprint density at radius 2 is 2.12 bits per heavy atom. The van der Waals surface area contributed by atoms with E-state index in [4.69, 9.17) is 5.11 Å². The number of carboxylic acid groups (broad SMARTS) is 1. The fourth-order valence-corrected chi connectivity index (χ4v) is 2.51. The number of aliphatic hydroxyl groups is 1. The Hall–Kier alpha value is -0.910. The summed E-state index contributed by atoms with van der Waals surface area (Å²) in [7, 11) is 0. The van der Waals surface area contributed by atoms with E-state index in [9.17, 15) is 9.90 Å². The summed E-state index contributed by atoms with van der Waals surface area (Å²) in [6, 6.07) is 3.46. The summed E-state index contributed by atoms with van der Waals surface area (Å²) >= 11 is 1.29. The van der Waals surface area contributed by atoms with E-state index in [-0.39, 0.29) is 0 Å². The molecular formula is C12H19NO3S. The minimum atomic E-state index is -0.883. The molecule has 0 fully saturated rings. The number of hydrogen-bond acceptors (Lipinski definition) is 4. The highest BCUT2D eigenvalue weighted by atomic mass is 32.1. The van der Waals surface area contributed by atoms with Crippen molar-refractivity contribution in [3.8, 4) is 0 Å². The van der Waals surface area contributed by atoms with Crippen LogP contribution in [0.4, 0.5) is 0 Å². The third kappa shape index (κ3) is 4.85. The van der Waals surface area contributed by atoms with Crippen molar-refractivity contribution in [2.75, 3.05) is 13.1 Å². The molecule has 1 aromatic heterocycles. The molecular weight excluding hydrogens is 238 g/mol. The summed E-state index contributed by atoms with van der Waals surface area (Å²) in [6.07, 6.45) is 0. The van der Waals surface area contributed by atoms with Crippen LogP contribution in [0, 0.1) is 0 Å². The lowest BCUT2D eigenvalue weighted by Crippen LogP contribution is -2.37. The minimum Gasteiger partial charge on any atom is -0.477 e. The number of thiophene rings is 1. The Labute approximate surface area is 106 Å². The predicted molar refractivity (Wildman–Crippen MR) is 68.5 cm³/mol. The van der Waals surface area contributed by atoms with Crippen molar-refractivity contribution in [3.63, 3.8) is 0 Å². The van der Waals surface area contributed by atoms with Crippen LogP contribution in [0.3, 0.4) is 0 Å². The third-order valence-electron chi connectivity index (χ3n) is 2.31. The van der Waals surface area contributed by atoms with E-state index in [1.807, 2.05) is 13.0 Å². The Balaban J connectivity index is 2.64. The fourth-order valence-electron chi connectivity index (χ4n) is 1.62. The normalized spacial score (nSPS) is 12.1. The smallest absolute Gasteiger partial charge is 0.345 e.